The van der Waals surface area contributed by atoms with E-state index in [0.29, 0.717) is 5.82 Å². The van der Waals surface area contributed by atoms with Crippen LogP contribution in [-0.4, -0.2) is 20.7 Å². The van der Waals surface area contributed by atoms with Crippen LogP contribution in [0.5, 0.6) is 0 Å². The molecule has 0 fully saturated rings. The molecule has 0 atom stereocenters. The number of carbonyl (C=O) groups excluding carboxylic acids is 1. The number of hydrogen-bond donors (Lipinski definition) is 1. The lowest BCUT2D eigenvalue weighted by Crippen LogP contribution is -2.19. The molecule has 0 spiro atoms. The van der Waals surface area contributed by atoms with E-state index in [0.717, 1.165) is 11.4 Å². The third kappa shape index (κ3) is 2.59. The molecule has 0 unspecified atom stereocenters. The van der Waals surface area contributed by atoms with Crippen LogP contribution in [-0.2, 0) is 11.8 Å². The summed E-state index contributed by atoms with van der Waals surface area (Å²) in [5, 5.41) is 6.13. The maximum atomic E-state index is 12.1. The van der Waals surface area contributed by atoms with E-state index in [1.807, 2.05) is 26.2 Å². The smallest absolute Gasteiger partial charge is 0.254 e. The Kier molecular flexibility index (Phi) is 3.21. The van der Waals surface area contributed by atoms with Crippen molar-refractivity contribution < 1.29 is 4.79 Å². The molecule has 0 saturated carbocycles. The first kappa shape index (κ1) is 12.8. The van der Waals surface area contributed by atoms with Gasteiger partial charge in [0.15, 0.2) is 0 Å². The summed E-state index contributed by atoms with van der Waals surface area (Å²) < 4.78 is 1.26. The molecule has 2 rings (SSSR count). The van der Waals surface area contributed by atoms with Crippen molar-refractivity contribution >= 4 is 23.1 Å². The summed E-state index contributed by atoms with van der Waals surface area (Å²) in [6.45, 7) is 6.10. The quantitative estimate of drug-likeness (QED) is 0.901. The highest BCUT2D eigenvalue weighted by atomic mass is 32.1. The summed E-state index contributed by atoms with van der Waals surface area (Å²) in [4.78, 5) is 16.1. The monoisotopic (exact) mass is 264 g/mol. The molecule has 0 aliphatic carbocycles. The van der Waals surface area contributed by atoms with Gasteiger partial charge in [0.05, 0.1) is 23.3 Å². The molecule has 2 aromatic heterocycles. The number of thiazole rings is 1. The van der Waals surface area contributed by atoms with Gasteiger partial charge < -0.3 is 5.73 Å². The van der Waals surface area contributed by atoms with Gasteiger partial charge in [-0.3, -0.25) is 4.79 Å². The van der Waals surface area contributed by atoms with E-state index in [2.05, 4.69) is 10.1 Å². The zero-order chi connectivity index (χ0) is 13.3. The normalized spacial score (nSPS) is 11.7. The van der Waals surface area contributed by atoms with Gasteiger partial charge in [0.1, 0.15) is 5.82 Å². The molecule has 0 amide bonds. The average molecular weight is 264 g/mol. The Morgan fingerprint density at radius 3 is 2.72 bits per heavy atom. The zero-order valence-corrected chi connectivity index (χ0v) is 11.5. The molecule has 0 aliphatic rings. The van der Waals surface area contributed by atoms with E-state index in [9.17, 15) is 4.79 Å². The highest BCUT2D eigenvalue weighted by Gasteiger charge is 2.21. The molecule has 0 saturated heterocycles. The van der Waals surface area contributed by atoms with Gasteiger partial charge in [0.25, 0.3) is 5.91 Å². The van der Waals surface area contributed by atoms with Gasteiger partial charge in [0, 0.05) is 16.9 Å². The highest BCUT2D eigenvalue weighted by Crippen LogP contribution is 2.22. The van der Waals surface area contributed by atoms with E-state index in [1.165, 1.54) is 16.0 Å². The van der Waals surface area contributed by atoms with E-state index < -0.39 is 0 Å². The third-order valence-corrected chi connectivity index (χ3v) is 3.19. The molecule has 5 nitrogen and oxygen atoms in total. The Bertz CT molecular complexity index is 551. The van der Waals surface area contributed by atoms with Gasteiger partial charge >= 0.3 is 0 Å². The number of anilines is 1. The summed E-state index contributed by atoms with van der Waals surface area (Å²) in [5.41, 5.74) is 8.97. The van der Waals surface area contributed by atoms with Gasteiger partial charge in [-0.2, -0.15) is 9.78 Å². The molecular formula is C12H16N4OS. The number of nitrogens with two attached hydrogens (primary N) is 1. The second-order valence-corrected chi connectivity index (χ2v) is 5.89. The Labute approximate surface area is 110 Å². The van der Waals surface area contributed by atoms with E-state index in [1.54, 1.807) is 11.6 Å². The van der Waals surface area contributed by atoms with Crippen molar-refractivity contribution in [1.29, 1.82) is 0 Å². The largest absolute Gasteiger partial charge is 0.383 e. The number of carbonyl (C=O) groups is 1. The second kappa shape index (κ2) is 4.53. The van der Waals surface area contributed by atoms with Crippen molar-refractivity contribution in [3.05, 3.63) is 28.3 Å². The molecule has 18 heavy (non-hydrogen) atoms. The van der Waals surface area contributed by atoms with Crippen LogP contribution in [0.4, 0.5) is 5.82 Å². The maximum Gasteiger partial charge on any atom is 0.254 e. The molecule has 6 heteroatoms. The van der Waals surface area contributed by atoms with Crippen LogP contribution in [0.25, 0.3) is 0 Å². The van der Waals surface area contributed by atoms with Crippen molar-refractivity contribution in [2.24, 2.45) is 0 Å². The van der Waals surface area contributed by atoms with Crippen LogP contribution in [0.2, 0.25) is 0 Å². The second-order valence-electron chi connectivity index (χ2n) is 5.17. The van der Waals surface area contributed by atoms with Gasteiger partial charge in [-0.1, -0.05) is 20.8 Å². The van der Waals surface area contributed by atoms with E-state index in [4.69, 9.17) is 5.73 Å². The lowest BCUT2D eigenvalue weighted by atomic mass is 9.92. The van der Waals surface area contributed by atoms with Crippen LogP contribution in [0, 0.1) is 0 Å². The van der Waals surface area contributed by atoms with Gasteiger partial charge in [-0.15, -0.1) is 11.3 Å². The Hall–Kier alpha value is -1.69. The van der Waals surface area contributed by atoms with Crippen molar-refractivity contribution in [1.82, 2.24) is 14.8 Å². The molecule has 96 valence electrons. The number of nitrogens with zero attached hydrogens (tertiary/aromatic N) is 3. The van der Waals surface area contributed by atoms with Crippen LogP contribution >= 0.6 is 11.3 Å². The zero-order valence-electron chi connectivity index (χ0n) is 10.7. The van der Waals surface area contributed by atoms with Crippen LogP contribution in [0.3, 0.4) is 0 Å². The summed E-state index contributed by atoms with van der Waals surface area (Å²) >= 11 is 1.47. The molecule has 2 N–H and O–H groups in total. The summed E-state index contributed by atoms with van der Waals surface area (Å²) in [6.07, 6.45) is 0.221. The molecule has 2 aromatic rings. The molecule has 0 radical (unpaired) electrons. The molecule has 0 aliphatic heterocycles. The number of hydrogen-bond acceptors (Lipinski definition) is 5. The summed E-state index contributed by atoms with van der Waals surface area (Å²) in [7, 11) is 0. The molecule has 0 aromatic carbocycles. The third-order valence-electron chi connectivity index (χ3n) is 2.56. The number of nitrogen functional groups attached to an aromatic ring is 1. The Morgan fingerprint density at radius 2 is 2.22 bits per heavy atom. The minimum absolute atomic E-state index is 0.125. The SMILES string of the molecule is CC(C)(C)c1cc(N)n(C(=O)Cc2cscn2)n1. The minimum Gasteiger partial charge on any atom is -0.383 e. The molecular weight excluding hydrogens is 248 g/mol. The fourth-order valence-electron chi connectivity index (χ4n) is 1.52. The van der Waals surface area contributed by atoms with Crippen molar-refractivity contribution in [3.8, 4) is 0 Å². The van der Waals surface area contributed by atoms with Crippen LogP contribution in [0.1, 0.15) is 37.0 Å². The minimum atomic E-state index is -0.158. The van der Waals surface area contributed by atoms with Gasteiger partial charge in [-0.05, 0) is 0 Å². The van der Waals surface area contributed by atoms with Crippen molar-refractivity contribution in [2.75, 3.05) is 5.73 Å². The lowest BCUT2D eigenvalue weighted by molar-refractivity contribution is 0.0899. The fraction of sp³-hybridized carbons (Fsp3) is 0.417. The fourth-order valence-corrected chi connectivity index (χ4v) is 2.07. The van der Waals surface area contributed by atoms with Crippen LogP contribution in [0.15, 0.2) is 17.0 Å². The van der Waals surface area contributed by atoms with Crippen molar-refractivity contribution in [3.63, 3.8) is 0 Å². The van der Waals surface area contributed by atoms with E-state index in [-0.39, 0.29) is 17.7 Å². The topological polar surface area (TPSA) is 73.8 Å². The first-order valence-corrected chi connectivity index (χ1v) is 6.58. The summed E-state index contributed by atoms with van der Waals surface area (Å²) in [6, 6.07) is 1.75. The predicted octanol–water partition coefficient (Wildman–Crippen LogP) is 2.10. The van der Waals surface area contributed by atoms with Gasteiger partial charge in [-0.25, -0.2) is 4.98 Å². The molecule has 2 heterocycles. The Morgan fingerprint density at radius 1 is 1.50 bits per heavy atom. The molecule has 0 bridgehead atoms. The Balaban J connectivity index is 2.23. The first-order chi connectivity index (χ1) is 8.38. The lowest BCUT2D eigenvalue weighted by Gasteiger charge is -2.13. The van der Waals surface area contributed by atoms with Crippen LogP contribution < -0.4 is 5.73 Å². The predicted molar refractivity (Wildman–Crippen MR) is 71.8 cm³/mol. The number of aromatic nitrogens is 3. The average Bonchev–Trinajstić information content (AvgIpc) is 2.85. The van der Waals surface area contributed by atoms with Gasteiger partial charge in [0.2, 0.25) is 0 Å². The highest BCUT2D eigenvalue weighted by molar-refractivity contribution is 7.07. The van der Waals surface area contributed by atoms with E-state index >= 15 is 0 Å². The first-order valence-electron chi connectivity index (χ1n) is 5.64. The standard InChI is InChI=1S/C12H16N4OS/c1-12(2,3)9-5-10(13)16(15-9)11(17)4-8-6-18-7-14-8/h5-7H,4,13H2,1-3H3. The summed E-state index contributed by atoms with van der Waals surface area (Å²) in [5.74, 6) is 0.217. The number of rotatable bonds is 2. The maximum absolute atomic E-state index is 12.1. The van der Waals surface area contributed by atoms with Crippen molar-refractivity contribution in [2.45, 2.75) is 32.6 Å².